The molecule has 0 spiro atoms. The number of hydrogen-bond acceptors (Lipinski definition) is 4. The van der Waals surface area contributed by atoms with Crippen LogP contribution in [0.2, 0.25) is 0 Å². The minimum atomic E-state index is -0.234. The number of carbonyl (C=O) groups excluding carboxylic acids is 2. The van der Waals surface area contributed by atoms with E-state index in [1.807, 2.05) is 42.5 Å². The van der Waals surface area contributed by atoms with Crippen LogP contribution in [0.15, 0.2) is 72.8 Å². The number of fused-ring (bicyclic) bond motifs is 2. The molecule has 2 heterocycles. The Hall–Kier alpha value is -3.99. The van der Waals surface area contributed by atoms with Gasteiger partial charge in [-0.25, -0.2) is 0 Å². The number of imide groups is 1. The predicted molar refractivity (Wildman–Crippen MR) is 150 cm³/mol. The number of aromatic nitrogens is 1. The maximum Gasteiger partial charge on any atom is 0.261 e. The van der Waals surface area contributed by atoms with Crippen LogP contribution >= 0.6 is 0 Å². The topological polar surface area (TPSA) is 59.5 Å². The smallest absolute Gasteiger partial charge is 0.261 e. The van der Waals surface area contributed by atoms with Crippen molar-refractivity contribution in [1.29, 1.82) is 0 Å². The second-order valence-electron chi connectivity index (χ2n) is 10.4. The Bertz CT molecular complexity index is 1440. The van der Waals surface area contributed by atoms with Gasteiger partial charge in [0.15, 0.2) is 0 Å². The molecule has 0 fully saturated rings. The lowest BCUT2D eigenvalue weighted by Crippen LogP contribution is -2.30. The Kier molecular flexibility index (Phi) is 7.54. The van der Waals surface area contributed by atoms with Crippen LogP contribution in [0, 0.1) is 5.92 Å². The zero-order valence-electron chi connectivity index (χ0n) is 22.4. The Balaban J connectivity index is 1.58. The molecule has 5 heteroatoms. The molecule has 1 aliphatic heterocycles. The van der Waals surface area contributed by atoms with Crippen LogP contribution in [0.1, 0.15) is 76.7 Å². The van der Waals surface area contributed by atoms with Crippen molar-refractivity contribution in [2.24, 2.45) is 5.92 Å². The number of pyridine rings is 1. The van der Waals surface area contributed by atoms with E-state index in [9.17, 15) is 9.59 Å². The summed E-state index contributed by atoms with van der Waals surface area (Å²) in [7, 11) is 0. The zero-order valence-corrected chi connectivity index (χ0v) is 22.4. The van der Waals surface area contributed by atoms with Gasteiger partial charge < -0.3 is 4.74 Å². The van der Waals surface area contributed by atoms with E-state index in [1.165, 1.54) is 4.90 Å². The van der Waals surface area contributed by atoms with Gasteiger partial charge in [-0.2, -0.15) is 0 Å². The molecular formula is C33H34N2O3. The summed E-state index contributed by atoms with van der Waals surface area (Å²) in [5.41, 5.74) is 6.10. The van der Waals surface area contributed by atoms with Crippen molar-refractivity contribution in [3.05, 3.63) is 106 Å². The van der Waals surface area contributed by atoms with Crippen molar-refractivity contribution in [2.75, 3.05) is 0 Å². The van der Waals surface area contributed by atoms with Gasteiger partial charge in [0.05, 0.1) is 23.2 Å². The maximum absolute atomic E-state index is 13.3. The molecule has 0 saturated heterocycles. The van der Waals surface area contributed by atoms with Gasteiger partial charge >= 0.3 is 0 Å². The Morgan fingerprint density at radius 3 is 2.21 bits per heavy atom. The molecule has 0 unspecified atom stereocenters. The van der Waals surface area contributed by atoms with Gasteiger partial charge in [-0.05, 0) is 72.2 Å². The van der Waals surface area contributed by atoms with Crippen molar-refractivity contribution in [2.45, 2.75) is 59.6 Å². The second kappa shape index (κ2) is 11.2. The van der Waals surface area contributed by atoms with Crippen LogP contribution in [-0.4, -0.2) is 21.7 Å². The molecule has 0 radical (unpaired) electrons. The highest BCUT2D eigenvalue weighted by atomic mass is 16.5. The van der Waals surface area contributed by atoms with Crippen LogP contribution in [-0.2, 0) is 26.0 Å². The number of aryl methyl sites for hydroxylation is 1. The van der Waals surface area contributed by atoms with Crippen molar-refractivity contribution in [3.8, 4) is 5.75 Å². The monoisotopic (exact) mass is 506 g/mol. The van der Waals surface area contributed by atoms with Gasteiger partial charge in [-0.15, -0.1) is 0 Å². The van der Waals surface area contributed by atoms with Crippen molar-refractivity contribution in [3.63, 3.8) is 0 Å². The first-order valence-electron chi connectivity index (χ1n) is 13.5. The molecule has 38 heavy (non-hydrogen) atoms. The summed E-state index contributed by atoms with van der Waals surface area (Å²) in [6.07, 6.45) is 3.67. The first-order chi connectivity index (χ1) is 18.5. The number of unbranched alkanes of at least 4 members (excludes halogenated alkanes) is 1. The minimum Gasteiger partial charge on any atom is -0.489 e. The third-order valence-electron chi connectivity index (χ3n) is 7.09. The minimum absolute atomic E-state index is 0.228. The van der Waals surface area contributed by atoms with Crippen LogP contribution in [0.5, 0.6) is 5.75 Å². The van der Waals surface area contributed by atoms with Crippen LogP contribution in [0.25, 0.3) is 10.9 Å². The van der Waals surface area contributed by atoms with E-state index in [-0.39, 0.29) is 18.4 Å². The average Bonchev–Trinajstić information content (AvgIpc) is 3.16. The summed E-state index contributed by atoms with van der Waals surface area (Å²) < 4.78 is 6.16. The average molecular weight is 507 g/mol. The molecule has 4 aromatic rings. The molecule has 0 atom stereocenters. The number of carbonyl (C=O) groups is 2. The van der Waals surface area contributed by atoms with Gasteiger partial charge in [-0.3, -0.25) is 19.5 Å². The maximum atomic E-state index is 13.3. The zero-order chi connectivity index (χ0) is 26.6. The number of hydrogen-bond donors (Lipinski definition) is 0. The van der Waals surface area contributed by atoms with Gasteiger partial charge in [0.25, 0.3) is 11.8 Å². The standard InChI is InChI=1S/C33H34N2O3/c1-4-5-13-25-28-19-24(38-21-23-11-7-6-8-12-23)16-17-30(28)34-31(18-22(2)3)29(25)20-35-32(36)26-14-9-10-15-27(26)33(35)37/h6-12,14-17,19,22H,4-5,13,18,20-21H2,1-3H3. The van der Waals surface area contributed by atoms with E-state index in [0.29, 0.717) is 23.7 Å². The second-order valence-corrected chi connectivity index (χ2v) is 10.4. The summed E-state index contributed by atoms with van der Waals surface area (Å²) in [5.74, 6) is 0.697. The largest absolute Gasteiger partial charge is 0.489 e. The summed E-state index contributed by atoms with van der Waals surface area (Å²) in [5, 5.41) is 1.03. The molecule has 2 amide bonds. The fourth-order valence-electron chi connectivity index (χ4n) is 5.16. The molecule has 0 saturated carbocycles. The number of benzene rings is 3. The molecule has 0 N–H and O–H groups in total. The van der Waals surface area contributed by atoms with E-state index >= 15 is 0 Å². The number of ether oxygens (including phenoxy) is 1. The van der Waals surface area contributed by atoms with Gasteiger partial charge in [0, 0.05) is 11.1 Å². The lowest BCUT2D eigenvalue weighted by Gasteiger charge is -2.22. The molecule has 1 aliphatic rings. The number of rotatable bonds is 10. The quantitative estimate of drug-likeness (QED) is 0.214. The summed E-state index contributed by atoms with van der Waals surface area (Å²) >= 11 is 0. The van der Waals surface area contributed by atoms with Crippen molar-refractivity contribution < 1.29 is 14.3 Å². The molecule has 1 aromatic heterocycles. The van der Waals surface area contributed by atoms with Crippen molar-refractivity contribution in [1.82, 2.24) is 9.88 Å². The van der Waals surface area contributed by atoms with Crippen LogP contribution in [0.3, 0.4) is 0 Å². The highest BCUT2D eigenvalue weighted by Crippen LogP contribution is 2.33. The van der Waals surface area contributed by atoms with E-state index in [0.717, 1.165) is 64.7 Å². The molecule has 5 rings (SSSR count). The molecule has 194 valence electrons. The highest BCUT2D eigenvalue weighted by molar-refractivity contribution is 6.21. The third-order valence-corrected chi connectivity index (χ3v) is 7.09. The normalized spacial score (nSPS) is 13.0. The summed E-state index contributed by atoms with van der Waals surface area (Å²) in [4.78, 5) is 33.0. The summed E-state index contributed by atoms with van der Waals surface area (Å²) in [6.45, 7) is 7.23. The van der Waals surface area contributed by atoms with Gasteiger partial charge in [0.2, 0.25) is 0 Å². The summed E-state index contributed by atoms with van der Waals surface area (Å²) in [6, 6.07) is 23.3. The van der Waals surface area contributed by atoms with E-state index < -0.39 is 0 Å². The molecule has 0 bridgehead atoms. The Labute approximate surface area is 224 Å². The Morgan fingerprint density at radius 1 is 0.868 bits per heavy atom. The van der Waals surface area contributed by atoms with Gasteiger partial charge in [-0.1, -0.05) is 69.7 Å². The lowest BCUT2D eigenvalue weighted by atomic mass is 9.92. The predicted octanol–water partition coefficient (Wildman–Crippen LogP) is 7.15. The van der Waals surface area contributed by atoms with Crippen LogP contribution in [0.4, 0.5) is 0 Å². The molecule has 0 aliphatic carbocycles. The third kappa shape index (κ3) is 5.19. The molecule has 3 aromatic carbocycles. The fraction of sp³-hybridized carbons (Fsp3) is 0.303. The van der Waals surface area contributed by atoms with Crippen LogP contribution < -0.4 is 4.74 Å². The highest BCUT2D eigenvalue weighted by Gasteiger charge is 2.36. The van der Waals surface area contributed by atoms with E-state index in [1.54, 1.807) is 24.3 Å². The van der Waals surface area contributed by atoms with E-state index in [4.69, 9.17) is 9.72 Å². The first kappa shape index (κ1) is 25.7. The first-order valence-corrected chi connectivity index (χ1v) is 13.5. The SMILES string of the molecule is CCCCc1c(CN2C(=O)c3ccccc3C2=O)c(CC(C)C)nc2ccc(OCc3ccccc3)cc12. The van der Waals surface area contributed by atoms with Gasteiger partial charge in [0.1, 0.15) is 12.4 Å². The van der Waals surface area contributed by atoms with E-state index in [2.05, 4.69) is 26.8 Å². The fourth-order valence-corrected chi connectivity index (χ4v) is 5.16. The Morgan fingerprint density at radius 2 is 1.55 bits per heavy atom. The number of amides is 2. The van der Waals surface area contributed by atoms with Crippen molar-refractivity contribution >= 4 is 22.7 Å². The molecular weight excluding hydrogens is 472 g/mol. The lowest BCUT2D eigenvalue weighted by molar-refractivity contribution is 0.0641. The number of nitrogens with zero attached hydrogens (tertiary/aromatic N) is 2. The molecule has 5 nitrogen and oxygen atoms in total.